The van der Waals surface area contributed by atoms with Crippen molar-refractivity contribution in [1.29, 1.82) is 0 Å². The first-order valence-corrected chi connectivity index (χ1v) is 7.36. The number of aryl methyl sites for hydroxylation is 1. The Morgan fingerprint density at radius 3 is 2.75 bits per heavy atom. The zero-order valence-corrected chi connectivity index (χ0v) is 13.3. The molecule has 2 aromatic carbocycles. The van der Waals surface area contributed by atoms with Crippen molar-refractivity contribution < 1.29 is 4.39 Å². The van der Waals surface area contributed by atoms with E-state index in [9.17, 15) is 4.39 Å². The molecule has 3 N–H and O–H groups in total. The first-order valence-electron chi connectivity index (χ1n) is 6.19. The van der Waals surface area contributed by atoms with Crippen LogP contribution in [-0.4, -0.2) is 6.54 Å². The van der Waals surface area contributed by atoms with Gasteiger partial charge in [0.15, 0.2) is 0 Å². The summed E-state index contributed by atoms with van der Waals surface area (Å²) >= 11 is 9.40. The van der Waals surface area contributed by atoms with E-state index >= 15 is 0 Å². The molecule has 2 nitrogen and oxygen atoms in total. The van der Waals surface area contributed by atoms with Gasteiger partial charge in [0, 0.05) is 27.3 Å². The highest BCUT2D eigenvalue weighted by atomic mass is 79.9. The largest absolute Gasteiger partial charge is 0.376 e. The van der Waals surface area contributed by atoms with Gasteiger partial charge in [0.25, 0.3) is 0 Å². The average molecular weight is 358 g/mol. The van der Waals surface area contributed by atoms with Crippen LogP contribution in [0.1, 0.15) is 17.2 Å². The van der Waals surface area contributed by atoms with Crippen LogP contribution in [0.5, 0.6) is 0 Å². The monoisotopic (exact) mass is 356 g/mol. The Hall–Kier alpha value is -1.10. The SMILES string of the molecule is Cc1ccc(Br)c(NC(CN)c2cc(Cl)ccc2F)c1. The molecule has 0 radical (unpaired) electrons. The van der Waals surface area contributed by atoms with E-state index in [4.69, 9.17) is 17.3 Å². The molecule has 0 aliphatic carbocycles. The van der Waals surface area contributed by atoms with E-state index in [1.807, 2.05) is 25.1 Å². The Balaban J connectivity index is 2.33. The summed E-state index contributed by atoms with van der Waals surface area (Å²) in [7, 11) is 0. The number of anilines is 1. The molecule has 0 heterocycles. The highest BCUT2D eigenvalue weighted by Crippen LogP contribution is 2.29. The number of nitrogens with two attached hydrogens (primary N) is 1. The van der Waals surface area contributed by atoms with Crippen LogP contribution in [0.3, 0.4) is 0 Å². The van der Waals surface area contributed by atoms with Gasteiger partial charge in [0.2, 0.25) is 0 Å². The van der Waals surface area contributed by atoms with Crippen molar-refractivity contribution >= 4 is 33.2 Å². The zero-order valence-electron chi connectivity index (χ0n) is 11.0. The topological polar surface area (TPSA) is 38.0 Å². The number of hydrogen-bond acceptors (Lipinski definition) is 2. The van der Waals surface area contributed by atoms with Gasteiger partial charge >= 0.3 is 0 Å². The number of hydrogen-bond donors (Lipinski definition) is 2. The molecule has 0 aliphatic rings. The molecule has 1 atom stereocenters. The maximum atomic E-state index is 13.9. The lowest BCUT2D eigenvalue weighted by Crippen LogP contribution is -2.22. The smallest absolute Gasteiger partial charge is 0.128 e. The third-order valence-electron chi connectivity index (χ3n) is 3.02. The summed E-state index contributed by atoms with van der Waals surface area (Å²) in [5.74, 6) is -0.318. The van der Waals surface area contributed by atoms with Crippen molar-refractivity contribution in [2.75, 3.05) is 11.9 Å². The van der Waals surface area contributed by atoms with E-state index in [1.165, 1.54) is 12.1 Å². The summed E-state index contributed by atoms with van der Waals surface area (Å²) in [6.45, 7) is 2.26. The van der Waals surface area contributed by atoms with Crippen LogP contribution in [0.4, 0.5) is 10.1 Å². The fraction of sp³-hybridized carbons (Fsp3) is 0.200. The molecule has 0 aromatic heterocycles. The molecule has 0 fully saturated rings. The Kier molecular flexibility index (Phi) is 5.02. The summed E-state index contributed by atoms with van der Waals surface area (Å²) in [6, 6.07) is 10.1. The van der Waals surface area contributed by atoms with Crippen molar-refractivity contribution in [2.24, 2.45) is 5.73 Å². The predicted octanol–water partition coefficient (Wildman–Crippen LogP) is 4.66. The minimum atomic E-state index is -0.341. The van der Waals surface area contributed by atoms with E-state index in [0.29, 0.717) is 10.6 Å². The second-order valence-electron chi connectivity index (χ2n) is 4.58. The quantitative estimate of drug-likeness (QED) is 0.835. The van der Waals surface area contributed by atoms with Crippen molar-refractivity contribution in [2.45, 2.75) is 13.0 Å². The Morgan fingerprint density at radius 1 is 1.30 bits per heavy atom. The Bertz CT molecular complexity index is 619. The number of halogens is 3. The van der Waals surface area contributed by atoms with Gasteiger partial charge in [-0.25, -0.2) is 4.39 Å². The summed E-state index contributed by atoms with van der Waals surface area (Å²) in [6.07, 6.45) is 0. The fourth-order valence-corrected chi connectivity index (χ4v) is 2.52. The van der Waals surface area contributed by atoms with E-state index in [2.05, 4.69) is 21.2 Å². The molecule has 0 amide bonds. The number of nitrogens with one attached hydrogen (secondary N) is 1. The van der Waals surface area contributed by atoms with Crippen LogP contribution < -0.4 is 11.1 Å². The van der Waals surface area contributed by atoms with Crippen LogP contribution in [-0.2, 0) is 0 Å². The minimum absolute atomic E-state index is 0.262. The lowest BCUT2D eigenvalue weighted by molar-refractivity contribution is 0.593. The van der Waals surface area contributed by atoms with Crippen LogP contribution in [0, 0.1) is 12.7 Å². The van der Waals surface area contributed by atoms with Crippen LogP contribution in [0.15, 0.2) is 40.9 Å². The molecule has 1 unspecified atom stereocenters. The number of rotatable bonds is 4. The average Bonchev–Trinajstić information content (AvgIpc) is 2.42. The molecule has 2 aromatic rings. The standard InChI is InChI=1S/C15H15BrClFN2/c1-9-2-4-12(16)14(6-9)20-15(8-19)11-7-10(17)3-5-13(11)18/h2-7,15,20H,8,19H2,1H3. The van der Waals surface area contributed by atoms with Gasteiger partial charge in [0.1, 0.15) is 5.82 Å². The van der Waals surface area contributed by atoms with Gasteiger partial charge < -0.3 is 11.1 Å². The molecule has 0 saturated carbocycles. The van der Waals surface area contributed by atoms with Gasteiger partial charge in [-0.2, -0.15) is 0 Å². The van der Waals surface area contributed by atoms with Crippen LogP contribution in [0.25, 0.3) is 0 Å². The molecular weight excluding hydrogens is 343 g/mol. The van der Waals surface area contributed by atoms with E-state index in [1.54, 1.807) is 6.07 Å². The first-order chi connectivity index (χ1) is 9.51. The summed E-state index contributed by atoms with van der Waals surface area (Å²) in [5, 5.41) is 3.74. The van der Waals surface area contributed by atoms with Gasteiger partial charge in [-0.15, -0.1) is 0 Å². The molecular formula is C15H15BrClFN2. The summed E-state index contributed by atoms with van der Waals surface area (Å²) < 4.78 is 14.8. The third kappa shape index (κ3) is 3.51. The molecule has 2 rings (SSSR count). The zero-order chi connectivity index (χ0) is 14.7. The minimum Gasteiger partial charge on any atom is -0.376 e. The molecule has 106 valence electrons. The maximum Gasteiger partial charge on any atom is 0.128 e. The van der Waals surface area contributed by atoms with E-state index in [0.717, 1.165) is 15.7 Å². The molecule has 20 heavy (non-hydrogen) atoms. The van der Waals surface area contributed by atoms with Gasteiger partial charge in [0.05, 0.1) is 6.04 Å². The summed E-state index contributed by atoms with van der Waals surface area (Å²) in [5.41, 5.74) is 8.22. The van der Waals surface area contributed by atoms with E-state index < -0.39 is 0 Å². The number of benzene rings is 2. The van der Waals surface area contributed by atoms with E-state index in [-0.39, 0.29) is 18.4 Å². The van der Waals surface area contributed by atoms with Crippen LogP contribution in [0.2, 0.25) is 5.02 Å². The van der Waals surface area contributed by atoms with Crippen molar-refractivity contribution in [1.82, 2.24) is 0 Å². The molecule has 0 bridgehead atoms. The molecule has 0 aliphatic heterocycles. The first kappa shape index (κ1) is 15.3. The lowest BCUT2D eigenvalue weighted by atomic mass is 10.1. The maximum absolute atomic E-state index is 13.9. The fourth-order valence-electron chi connectivity index (χ4n) is 1.98. The predicted molar refractivity (Wildman–Crippen MR) is 85.7 cm³/mol. The molecule has 0 saturated heterocycles. The molecule has 5 heteroatoms. The second-order valence-corrected chi connectivity index (χ2v) is 5.87. The van der Waals surface area contributed by atoms with Crippen LogP contribution >= 0.6 is 27.5 Å². The lowest BCUT2D eigenvalue weighted by Gasteiger charge is -2.20. The summed E-state index contributed by atoms with van der Waals surface area (Å²) in [4.78, 5) is 0. The van der Waals surface area contributed by atoms with Crippen molar-refractivity contribution in [3.05, 3.63) is 62.8 Å². The van der Waals surface area contributed by atoms with Gasteiger partial charge in [-0.05, 0) is 58.7 Å². The highest BCUT2D eigenvalue weighted by Gasteiger charge is 2.16. The normalized spacial score (nSPS) is 12.2. The van der Waals surface area contributed by atoms with Gasteiger partial charge in [-0.1, -0.05) is 17.7 Å². The van der Waals surface area contributed by atoms with Crippen molar-refractivity contribution in [3.63, 3.8) is 0 Å². The second kappa shape index (κ2) is 6.57. The third-order valence-corrected chi connectivity index (χ3v) is 3.95. The van der Waals surface area contributed by atoms with Gasteiger partial charge in [-0.3, -0.25) is 0 Å². The highest BCUT2D eigenvalue weighted by molar-refractivity contribution is 9.10. The Labute approximate surface area is 131 Å². The van der Waals surface area contributed by atoms with Crippen molar-refractivity contribution in [3.8, 4) is 0 Å². The molecule has 0 spiro atoms. The Morgan fingerprint density at radius 2 is 2.05 bits per heavy atom.